The van der Waals surface area contributed by atoms with Crippen LogP contribution in [0.5, 0.6) is 5.75 Å². The molecule has 5 heteroatoms. The summed E-state index contributed by atoms with van der Waals surface area (Å²) in [6, 6.07) is 8.66. The van der Waals surface area contributed by atoms with Crippen molar-refractivity contribution in [2.45, 2.75) is 51.0 Å². The molecule has 0 aromatic heterocycles. The number of hydrogen-bond donors (Lipinski definition) is 1. The number of carbonyl (C=O) groups is 1. The van der Waals surface area contributed by atoms with E-state index < -0.39 is 0 Å². The Bertz CT molecular complexity index is 723. The summed E-state index contributed by atoms with van der Waals surface area (Å²) >= 11 is 0. The number of ether oxygens (including phenoxy) is 1. The van der Waals surface area contributed by atoms with Crippen LogP contribution in [0.2, 0.25) is 0 Å². The fraction of sp³-hybridized carbons (Fsp3) is 0.560. The van der Waals surface area contributed by atoms with Crippen molar-refractivity contribution in [1.82, 2.24) is 15.1 Å². The normalized spacial score (nSPS) is 19.8. The van der Waals surface area contributed by atoms with Gasteiger partial charge in [0, 0.05) is 13.0 Å². The molecule has 1 aromatic rings. The van der Waals surface area contributed by atoms with E-state index >= 15 is 0 Å². The van der Waals surface area contributed by atoms with Crippen LogP contribution in [-0.4, -0.2) is 61.6 Å². The zero-order valence-corrected chi connectivity index (χ0v) is 18.6. The van der Waals surface area contributed by atoms with Crippen molar-refractivity contribution < 1.29 is 9.53 Å². The molecule has 1 fully saturated rings. The van der Waals surface area contributed by atoms with Crippen molar-refractivity contribution in [3.05, 3.63) is 54.3 Å². The molecule has 2 heterocycles. The highest BCUT2D eigenvalue weighted by molar-refractivity contribution is 5.80. The van der Waals surface area contributed by atoms with E-state index in [2.05, 4.69) is 52.4 Å². The Balaban J connectivity index is 1.55. The number of hydrogen-bond acceptors (Lipinski definition) is 5. The third-order valence-corrected chi connectivity index (χ3v) is 6.09. The lowest BCUT2D eigenvalue weighted by atomic mass is 9.89. The quantitative estimate of drug-likeness (QED) is 0.598. The van der Waals surface area contributed by atoms with Crippen LogP contribution < -0.4 is 10.1 Å². The number of carbonyl (C=O) groups excluding carboxylic acids is 1. The van der Waals surface area contributed by atoms with E-state index in [9.17, 15) is 4.79 Å². The lowest BCUT2D eigenvalue weighted by Gasteiger charge is -2.37. The van der Waals surface area contributed by atoms with E-state index in [-0.39, 0.29) is 6.04 Å². The number of likely N-dealkylation sites (tertiary alicyclic amines) is 1. The maximum absolute atomic E-state index is 12.5. The van der Waals surface area contributed by atoms with Crippen molar-refractivity contribution in [1.29, 1.82) is 0 Å². The fourth-order valence-corrected chi connectivity index (χ4v) is 4.43. The van der Waals surface area contributed by atoms with Crippen molar-refractivity contribution in [3.8, 4) is 5.75 Å². The molecule has 0 saturated carbocycles. The average molecular weight is 412 g/mol. The largest absolute Gasteiger partial charge is 0.496 e. The Labute approximate surface area is 181 Å². The number of Topliss-reactive ketones (excluding diaryl/α,β-unsaturated/α-hetero) is 1. The van der Waals surface area contributed by atoms with Gasteiger partial charge in [0.05, 0.1) is 26.4 Å². The summed E-state index contributed by atoms with van der Waals surface area (Å²) in [5, 5.41) is 3.39. The van der Waals surface area contributed by atoms with Gasteiger partial charge in [-0.25, -0.2) is 0 Å². The maximum Gasteiger partial charge on any atom is 0.146 e. The van der Waals surface area contributed by atoms with Crippen LogP contribution >= 0.6 is 0 Å². The summed E-state index contributed by atoms with van der Waals surface area (Å²) in [5.41, 5.74) is 1.33. The van der Waals surface area contributed by atoms with Crippen LogP contribution in [0.1, 0.15) is 50.5 Å². The summed E-state index contributed by atoms with van der Waals surface area (Å²) in [4.78, 5) is 17.3. The number of ketones is 1. The zero-order valence-electron chi connectivity index (χ0n) is 18.6. The van der Waals surface area contributed by atoms with Gasteiger partial charge in [0.1, 0.15) is 11.5 Å². The Hall–Kier alpha value is -2.11. The van der Waals surface area contributed by atoms with Gasteiger partial charge in [0.15, 0.2) is 0 Å². The van der Waals surface area contributed by atoms with Gasteiger partial charge in [-0.3, -0.25) is 14.6 Å². The van der Waals surface area contributed by atoms with E-state index in [0.29, 0.717) is 24.7 Å². The van der Waals surface area contributed by atoms with Gasteiger partial charge in [0.2, 0.25) is 0 Å². The number of rotatable bonds is 11. The van der Waals surface area contributed by atoms with Crippen molar-refractivity contribution in [3.63, 3.8) is 0 Å². The number of piperidine rings is 1. The van der Waals surface area contributed by atoms with Gasteiger partial charge >= 0.3 is 0 Å². The minimum absolute atomic E-state index is 0.264. The van der Waals surface area contributed by atoms with Gasteiger partial charge in [-0.2, -0.15) is 0 Å². The first-order valence-corrected chi connectivity index (χ1v) is 11.4. The highest BCUT2D eigenvalue weighted by Gasteiger charge is 2.25. The van der Waals surface area contributed by atoms with Crippen molar-refractivity contribution >= 4 is 5.78 Å². The molecule has 2 aliphatic heterocycles. The zero-order chi connectivity index (χ0) is 21.2. The number of unbranched alkanes of at least 4 members (excludes halogenated alkanes) is 1. The monoisotopic (exact) mass is 411 g/mol. The molecule has 1 N–H and O–H groups in total. The smallest absolute Gasteiger partial charge is 0.146 e. The van der Waals surface area contributed by atoms with Crippen molar-refractivity contribution in [2.24, 2.45) is 0 Å². The van der Waals surface area contributed by atoms with E-state index in [0.717, 1.165) is 57.7 Å². The van der Waals surface area contributed by atoms with E-state index in [4.69, 9.17) is 4.74 Å². The van der Waals surface area contributed by atoms with E-state index in [1.165, 1.54) is 5.56 Å². The molecule has 0 amide bonds. The minimum atomic E-state index is 0.264. The summed E-state index contributed by atoms with van der Waals surface area (Å²) in [6.07, 6.45) is 13.3. The lowest BCUT2D eigenvalue weighted by Crippen LogP contribution is -2.48. The Morgan fingerprint density at radius 1 is 1.23 bits per heavy atom. The molecule has 30 heavy (non-hydrogen) atoms. The van der Waals surface area contributed by atoms with Gasteiger partial charge in [0.25, 0.3) is 0 Å². The lowest BCUT2D eigenvalue weighted by molar-refractivity contribution is -0.121. The third kappa shape index (κ3) is 6.71. The van der Waals surface area contributed by atoms with Crippen LogP contribution in [0.3, 0.4) is 0 Å². The molecule has 0 radical (unpaired) electrons. The summed E-state index contributed by atoms with van der Waals surface area (Å²) in [5.74, 6) is 1.91. The number of benzene rings is 1. The Morgan fingerprint density at radius 2 is 2.03 bits per heavy atom. The minimum Gasteiger partial charge on any atom is -0.496 e. The molecular weight excluding hydrogens is 374 g/mol. The number of methoxy groups -OCH3 is 1. The van der Waals surface area contributed by atoms with Crippen LogP contribution in [-0.2, 0) is 4.79 Å². The highest BCUT2D eigenvalue weighted by Crippen LogP contribution is 2.34. The molecule has 1 atom stereocenters. The van der Waals surface area contributed by atoms with E-state index in [1.54, 1.807) is 7.11 Å². The second kappa shape index (κ2) is 11.9. The molecule has 0 spiro atoms. The molecule has 3 rings (SSSR count). The first-order valence-electron chi connectivity index (χ1n) is 11.4. The molecular formula is C25H37N3O2. The molecule has 0 aliphatic carbocycles. The molecule has 0 bridgehead atoms. The molecule has 2 aliphatic rings. The number of para-hydroxylation sites is 1. The Kier molecular flexibility index (Phi) is 8.97. The second-order valence-corrected chi connectivity index (χ2v) is 8.45. The van der Waals surface area contributed by atoms with Crippen LogP contribution in [0.25, 0.3) is 0 Å². The third-order valence-electron chi connectivity index (χ3n) is 6.09. The van der Waals surface area contributed by atoms with Crippen LogP contribution in [0, 0.1) is 0 Å². The predicted octanol–water partition coefficient (Wildman–Crippen LogP) is 3.94. The molecule has 1 unspecified atom stereocenters. The average Bonchev–Trinajstić information content (AvgIpc) is 2.79. The Morgan fingerprint density at radius 3 is 2.73 bits per heavy atom. The summed E-state index contributed by atoms with van der Waals surface area (Å²) < 4.78 is 5.57. The van der Waals surface area contributed by atoms with Crippen molar-refractivity contribution in [2.75, 3.05) is 40.0 Å². The van der Waals surface area contributed by atoms with Gasteiger partial charge in [-0.1, -0.05) is 43.7 Å². The summed E-state index contributed by atoms with van der Waals surface area (Å²) in [6.45, 7) is 6.49. The number of nitrogens with one attached hydrogen (secondary N) is 1. The second-order valence-electron chi connectivity index (χ2n) is 8.45. The maximum atomic E-state index is 12.5. The number of dihydropyridines is 1. The topological polar surface area (TPSA) is 44.8 Å². The fourth-order valence-electron chi connectivity index (χ4n) is 4.43. The van der Waals surface area contributed by atoms with Crippen LogP contribution in [0.15, 0.2) is 48.7 Å². The molecule has 5 nitrogen and oxygen atoms in total. The number of allylic oxidation sites excluding steroid dienone is 2. The SMILES string of the molecule is CCCCC(=O)CN(CC1C=CC=CN1)CN1CCC(c2ccccc2OC)CC1. The standard InChI is InChI=1S/C25H37N3O2/c1-3-4-10-23(29)19-28(18-22-9-7-8-15-26-22)20-27-16-13-21(14-17-27)24-11-5-6-12-25(24)30-2/h5-9,11-12,15,21-22,26H,3-4,10,13-14,16-20H2,1-2H3. The predicted molar refractivity (Wildman–Crippen MR) is 123 cm³/mol. The van der Waals surface area contributed by atoms with Gasteiger partial charge in [-0.05, 0) is 62.2 Å². The molecule has 1 saturated heterocycles. The van der Waals surface area contributed by atoms with Gasteiger partial charge < -0.3 is 10.1 Å². The van der Waals surface area contributed by atoms with Gasteiger partial charge in [-0.15, -0.1) is 0 Å². The highest BCUT2D eigenvalue weighted by atomic mass is 16.5. The number of nitrogens with zero attached hydrogens (tertiary/aromatic N) is 2. The molecule has 1 aromatic carbocycles. The summed E-state index contributed by atoms with van der Waals surface area (Å²) in [7, 11) is 1.75. The first-order chi connectivity index (χ1) is 14.7. The first kappa shape index (κ1) is 22.6. The van der Waals surface area contributed by atoms with Crippen LogP contribution in [0.4, 0.5) is 0 Å². The molecule has 164 valence electrons. The van der Waals surface area contributed by atoms with E-state index in [1.807, 2.05) is 18.3 Å².